The van der Waals surface area contributed by atoms with E-state index in [9.17, 15) is 10.5 Å². The molecule has 3 heteroatoms. The molecule has 3 rings (SSSR count). The Morgan fingerprint density at radius 3 is 2.43 bits per heavy atom. The van der Waals surface area contributed by atoms with Crippen LogP contribution in [0.3, 0.4) is 0 Å². The lowest BCUT2D eigenvalue weighted by Crippen LogP contribution is -2.16. The summed E-state index contributed by atoms with van der Waals surface area (Å²) in [6.45, 7) is 0. The molecule has 1 fully saturated rings. The molecule has 1 aliphatic rings. The minimum atomic E-state index is -0.778. The quantitative estimate of drug-likeness (QED) is 0.851. The molecular formula is C18H13N3. The van der Waals surface area contributed by atoms with Crippen molar-refractivity contribution < 1.29 is 0 Å². The van der Waals surface area contributed by atoms with E-state index in [1.807, 2.05) is 42.5 Å². The molecule has 0 aliphatic heterocycles. The summed E-state index contributed by atoms with van der Waals surface area (Å²) in [6.07, 6.45) is 1.28. The van der Waals surface area contributed by atoms with Crippen LogP contribution in [-0.2, 0) is 5.41 Å². The largest absolute Gasteiger partial charge is 0.198 e. The van der Waals surface area contributed by atoms with Crippen molar-refractivity contribution in [2.45, 2.75) is 24.7 Å². The van der Waals surface area contributed by atoms with Gasteiger partial charge in [0.1, 0.15) is 5.41 Å². The van der Waals surface area contributed by atoms with E-state index in [1.165, 1.54) is 0 Å². The van der Waals surface area contributed by atoms with Gasteiger partial charge in [-0.05, 0) is 29.2 Å². The number of fused-ring (bicyclic) bond motifs is 1. The summed E-state index contributed by atoms with van der Waals surface area (Å²) in [4.78, 5) is 0. The molecule has 1 saturated carbocycles. The second-order valence-electron chi connectivity index (χ2n) is 5.57. The van der Waals surface area contributed by atoms with Crippen LogP contribution in [0.5, 0.6) is 0 Å². The Balaban J connectivity index is 2.16. The highest BCUT2D eigenvalue weighted by Crippen LogP contribution is 2.67. The van der Waals surface area contributed by atoms with Gasteiger partial charge in [-0.15, -0.1) is 0 Å². The van der Waals surface area contributed by atoms with Gasteiger partial charge in [0.15, 0.2) is 0 Å². The first-order valence-corrected chi connectivity index (χ1v) is 6.91. The Morgan fingerprint density at radius 2 is 1.71 bits per heavy atom. The van der Waals surface area contributed by atoms with E-state index < -0.39 is 10.8 Å². The maximum atomic E-state index is 9.75. The third-order valence-corrected chi connectivity index (χ3v) is 4.58. The molecule has 100 valence electrons. The van der Waals surface area contributed by atoms with Crippen molar-refractivity contribution in [2.75, 3.05) is 0 Å². The van der Waals surface area contributed by atoms with E-state index in [0.717, 1.165) is 16.3 Å². The SMILES string of the molecule is N#CCCC1(C#N)CC1(C#N)c1cccc2ccccc12. The van der Waals surface area contributed by atoms with Crippen molar-refractivity contribution in [2.24, 2.45) is 5.41 Å². The Kier molecular flexibility index (Phi) is 2.90. The predicted octanol–water partition coefficient (Wildman–Crippen LogP) is 3.82. The van der Waals surface area contributed by atoms with Crippen LogP contribution in [0.25, 0.3) is 10.8 Å². The number of benzene rings is 2. The van der Waals surface area contributed by atoms with E-state index in [0.29, 0.717) is 19.3 Å². The Labute approximate surface area is 123 Å². The van der Waals surface area contributed by atoms with Gasteiger partial charge in [-0.3, -0.25) is 0 Å². The minimum Gasteiger partial charge on any atom is -0.198 e. The molecule has 0 saturated heterocycles. The summed E-state index contributed by atoms with van der Waals surface area (Å²) in [5, 5.41) is 30.2. The molecule has 0 radical (unpaired) electrons. The smallest absolute Gasteiger partial charge is 0.103 e. The normalized spacial score (nSPS) is 26.5. The van der Waals surface area contributed by atoms with Crippen LogP contribution in [0, 0.1) is 39.4 Å². The van der Waals surface area contributed by atoms with E-state index in [2.05, 4.69) is 18.2 Å². The number of nitriles is 3. The average Bonchev–Trinajstić information content (AvgIpc) is 3.22. The van der Waals surface area contributed by atoms with Gasteiger partial charge < -0.3 is 0 Å². The first-order chi connectivity index (χ1) is 10.2. The molecule has 21 heavy (non-hydrogen) atoms. The van der Waals surface area contributed by atoms with Gasteiger partial charge in [0, 0.05) is 6.42 Å². The maximum Gasteiger partial charge on any atom is 0.103 e. The molecule has 0 heterocycles. The van der Waals surface area contributed by atoms with Crippen molar-refractivity contribution in [3.05, 3.63) is 48.0 Å². The average molecular weight is 271 g/mol. The molecule has 1 aliphatic carbocycles. The molecule has 0 N–H and O–H groups in total. The van der Waals surface area contributed by atoms with Gasteiger partial charge in [0.25, 0.3) is 0 Å². The number of rotatable bonds is 3. The van der Waals surface area contributed by atoms with Gasteiger partial charge in [-0.1, -0.05) is 42.5 Å². The van der Waals surface area contributed by atoms with Crippen molar-refractivity contribution in [1.82, 2.24) is 0 Å². The molecule has 3 nitrogen and oxygen atoms in total. The van der Waals surface area contributed by atoms with Crippen LogP contribution in [0.2, 0.25) is 0 Å². The van der Waals surface area contributed by atoms with Crippen molar-refractivity contribution in [3.8, 4) is 18.2 Å². The zero-order chi connectivity index (χ0) is 14.9. The summed E-state index contributed by atoms with van der Waals surface area (Å²) in [5.41, 5.74) is -0.580. The fourth-order valence-electron chi connectivity index (χ4n) is 3.33. The highest BCUT2D eigenvalue weighted by Gasteiger charge is 2.70. The second kappa shape index (κ2) is 4.62. The maximum absolute atomic E-state index is 9.75. The minimum absolute atomic E-state index is 0.307. The molecule has 0 aromatic heterocycles. The fourth-order valence-corrected chi connectivity index (χ4v) is 3.33. The molecule has 0 bridgehead atoms. The first kappa shape index (κ1) is 13.2. The lowest BCUT2D eigenvalue weighted by Gasteiger charge is -2.16. The molecule has 0 spiro atoms. The second-order valence-corrected chi connectivity index (χ2v) is 5.57. The fraction of sp³-hybridized carbons (Fsp3) is 0.278. The van der Waals surface area contributed by atoms with Gasteiger partial charge in [-0.2, -0.15) is 15.8 Å². The van der Waals surface area contributed by atoms with Crippen molar-refractivity contribution in [1.29, 1.82) is 15.8 Å². The predicted molar refractivity (Wildman–Crippen MR) is 78.7 cm³/mol. The van der Waals surface area contributed by atoms with Crippen LogP contribution in [0.4, 0.5) is 0 Å². The van der Waals surface area contributed by atoms with Crippen molar-refractivity contribution >= 4 is 10.8 Å². The number of hydrogen-bond donors (Lipinski definition) is 0. The summed E-state index contributed by atoms with van der Waals surface area (Å²) < 4.78 is 0. The third kappa shape index (κ3) is 1.70. The third-order valence-electron chi connectivity index (χ3n) is 4.58. The first-order valence-electron chi connectivity index (χ1n) is 6.91. The standard InChI is InChI=1S/C18H13N3/c19-10-4-9-17(12-20)11-18(17,13-21)16-8-3-6-14-5-1-2-7-15(14)16/h1-3,5-8H,4,9,11H2. The number of nitrogens with zero attached hydrogens (tertiary/aromatic N) is 3. The molecule has 2 aromatic rings. The summed E-state index contributed by atoms with van der Waals surface area (Å²) in [7, 11) is 0. The van der Waals surface area contributed by atoms with Crippen LogP contribution >= 0.6 is 0 Å². The topological polar surface area (TPSA) is 71.4 Å². The van der Waals surface area contributed by atoms with Gasteiger partial charge in [0.2, 0.25) is 0 Å². The van der Waals surface area contributed by atoms with Gasteiger partial charge in [0.05, 0.1) is 23.6 Å². The Hall–Kier alpha value is -2.83. The van der Waals surface area contributed by atoms with Gasteiger partial charge in [-0.25, -0.2) is 0 Å². The monoisotopic (exact) mass is 271 g/mol. The summed E-state index contributed by atoms with van der Waals surface area (Å²) in [5.74, 6) is 0. The number of hydrogen-bond acceptors (Lipinski definition) is 3. The zero-order valence-corrected chi connectivity index (χ0v) is 11.5. The zero-order valence-electron chi connectivity index (χ0n) is 11.5. The molecule has 2 aromatic carbocycles. The molecule has 2 unspecified atom stereocenters. The van der Waals surface area contributed by atoms with Crippen LogP contribution in [0.15, 0.2) is 42.5 Å². The Bertz CT molecular complexity index is 829. The van der Waals surface area contributed by atoms with E-state index in [-0.39, 0.29) is 0 Å². The molecular weight excluding hydrogens is 258 g/mol. The lowest BCUT2D eigenvalue weighted by molar-refractivity contribution is 0.548. The molecule has 2 atom stereocenters. The van der Waals surface area contributed by atoms with Gasteiger partial charge >= 0.3 is 0 Å². The van der Waals surface area contributed by atoms with Crippen LogP contribution in [-0.4, -0.2) is 0 Å². The lowest BCUT2D eigenvalue weighted by atomic mass is 9.83. The van der Waals surface area contributed by atoms with E-state index in [1.54, 1.807) is 0 Å². The van der Waals surface area contributed by atoms with Crippen molar-refractivity contribution in [3.63, 3.8) is 0 Å². The Morgan fingerprint density at radius 1 is 0.952 bits per heavy atom. The highest BCUT2D eigenvalue weighted by molar-refractivity contribution is 5.88. The molecule has 0 amide bonds. The van der Waals surface area contributed by atoms with E-state index in [4.69, 9.17) is 5.26 Å². The summed E-state index contributed by atoms with van der Waals surface area (Å²) >= 11 is 0. The summed E-state index contributed by atoms with van der Waals surface area (Å²) in [6, 6.07) is 20.6. The van der Waals surface area contributed by atoms with Crippen LogP contribution < -0.4 is 0 Å². The van der Waals surface area contributed by atoms with E-state index >= 15 is 0 Å². The van der Waals surface area contributed by atoms with Crippen LogP contribution in [0.1, 0.15) is 24.8 Å². The highest BCUT2D eigenvalue weighted by atomic mass is 14.7.